The van der Waals surface area contributed by atoms with Gasteiger partial charge in [-0.05, 0) is 44.2 Å². The molecule has 1 amide bonds. The number of nitrogens with zero attached hydrogens (tertiary/aromatic N) is 2. The van der Waals surface area contributed by atoms with E-state index in [1.807, 2.05) is 0 Å². The molecule has 0 radical (unpaired) electrons. The first-order valence-corrected chi connectivity index (χ1v) is 8.29. The van der Waals surface area contributed by atoms with Crippen LogP contribution >= 0.6 is 0 Å². The number of aromatic nitrogens is 2. The van der Waals surface area contributed by atoms with Crippen LogP contribution in [0.5, 0.6) is 0 Å². The molecule has 0 spiro atoms. The van der Waals surface area contributed by atoms with Crippen LogP contribution in [0.2, 0.25) is 0 Å². The fourth-order valence-electron chi connectivity index (χ4n) is 2.31. The maximum absolute atomic E-state index is 12.4. The molecule has 0 aliphatic heterocycles. The van der Waals surface area contributed by atoms with Crippen molar-refractivity contribution in [2.24, 2.45) is 0 Å². The second-order valence-electron chi connectivity index (χ2n) is 5.66. The topological polar surface area (TPSA) is 106 Å². The van der Waals surface area contributed by atoms with Gasteiger partial charge in [0, 0.05) is 18.0 Å². The Morgan fingerprint density at radius 2 is 1.85 bits per heavy atom. The van der Waals surface area contributed by atoms with Crippen LogP contribution in [0.1, 0.15) is 33.4 Å². The Hall–Kier alpha value is -3.68. The number of hydrogen-bond acceptors (Lipinski definition) is 7. The number of hydrogen-bond donors (Lipinski definition) is 2. The molecule has 0 bridgehead atoms. The molecule has 2 aromatic heterocycles. The standard InChI is InChI=1S/C19H18N4O4/c1-3-26-19(25)13-4-6-15(7-5-13)22-18(24)14-9-16(11-20-10-14)21-17-8-12(2)27-23-17/h4-11H,3H2,1-2H3,(H,21,23)(H,22,24). The highest BCUT2D eigenvalue weighted by Crippen LogP contribution is 2.18. The van der Waals surface area contributed by atoms with Crippen molar-refractivity contribution in [1.82, 2.24) is 10.1 Å². The van der Waals surface area contributed by atoms with Gasteiger partial charge in [-0.2, -0.15) is 0 Å². The fraction of sp³-hybridized carbons (Fsp3) is 0.158. The summed E-state index contributed by atoms with van der Waals surface area (Å²) in [5, 5.41) is 9.61. The molecule has 0 saturated heterocycles. The van der Waals surface area contributed by atoms with Crippen molar-refractivity contribution in [3.05, 3.63) is 65.7 Å². The predicted molar refractivity (Wildman–Crippen MR) is 99.1 cm³/mol. The zero-order valence-electron chi connectivity index (χ0n) is 14.9. The smallest absolute Gasteiger partial charge is 0.338 e. The first-order valence-electron chi connectivity index (χ1n) is 8.29. The van der Waals surface area contributed by atoms with Crippen LogP contribution < -0.4 is 10.6 Å². The van der Waals surface area contributed by atoms with Crippen molar-refractivity contribution in [3.63, 3.8) is 0 Å². The Bertz CT molecular complexity index is 950. The van der Waals surface area contributed by atoms with Crippen LogP contribution in [-0.4, -0.2) is 28.6 Å². The van der Waals surface area contributed by atoms with E-state index in [1.165, 1.54) is 6.20 Å². The molecular weight excluding hydrogens is 348 g/mol. The molecule has 0 saturated carbocycles. The van der Waals surface area contributed by atoms with Crippen molar-refractivity contribution in [2.45, 2.75) is 13.8 Å². The molecule has 138 valence electrons. The third kappa shape index (κ3) is 4.69. The second-order valence-corrected chi connectivity index (χ2v) is 5.66. The third-order valence-corrected chi connectivity index (χ3v) is 3.55. The van der Waals surface area contributed by atoms with Gasteiger partial charge in [0.05, 0.1) is 29.6 Å². The Morgan fingerprint density at radius 1 is 1.07 bits per heavy atom. The van der Waals surface area contributed by atoms with Crippen LogP contribution in [0, 0.1) is 6.92 Å². The highest BCUT2D eigenvalue weighted by molar-refractivity contribution is 6.04. The molecule has 0 atom stereocenters. The highest BCUT2D eigenvalue weighted by atomic mass is 16.5. The molecule has 0 unspecified atom stereocenters. The van der Waals surface area contributed by atoms with E-state index in [2.05, 4.69) is 20.8 Å². The Kier molecular flexibility index (Phi) is 5.46. The van der Waals surface area contributed by atoms with Gasteiger partial charge >= 0.3 is 5.97 Å². The summed E-state index contributed by atoms with van der Waals surface area (Å²) < 4.78 is 9.92. The molecule has 8 nitrogen and oxygen atoms in total. The van der Waals surface area contributed by atoms with Crippen molar-refractivity contribution >= 4 is 29.1 Å². The molecule has 3 rings (SSSR count). The number of amides is 1. The number of aryl methyl sites for hydroxylation is 1. The molecule has 0 fully saturated rings. The van der Waals surface area contributed by atoms with Gasteiger partial charge in [0.25, 0.3) is 5.91 Å². The Labute approximate surface area is 155 Å². The lowest BCUT2D eigenvalue weighted by molar-refractivity contribution is 0.0526. The van der Waals surface area contributed by atoms with E-state index in [1.54, 1.807) is 56.4 Å². The lowest BCUT2D eigenvalue weighted by Gasteiger charge is -2.08. The maximum atomic E-state index is 12.4. The second kappa shape index (κ2) is 8.13. The summed E-state index contributed by atoms with van der Waals surface area (Å²) in [4.78, 5) is 28.2. The van der Waals surface area contributed by atoms with Gasteiger partial charge in [0.15, 0.2) is 5.82 Å². The van der Waals surface area contributed by atoms with Gasteiger partial charge < -0.3 is 19.9 Å². The van der Waals surface area contributed by atoms with Crippen molar-refractivity contribution in [3.8, 4) is 0 Å². The van der Waals surface area contributed by atoms with Crippen LogP contribution in [-0.2, 0) is 4.74 Å². The molecule has 8 heteroatoms. The summed E-state index contributed by atoms with van der Waals surface area (Å²) in [7, 11) is 0. The summed E-state index contributed by atoms with van der Waals surface area (Å²) in [5.41, 5.74) is 1.95. The maximum Gasteiger partial charge on any atom is 0.338 e. The van der Waals surface area contributed by atoms with Gasteiger partial charge in [0.2, 0.25) is 0 Å². The number of anilines is 3. The monoisotopic (exact) mass is 366 g/mol. The van der Waals surface area contributed by atoms with Crippen LogP contribution in [0.25, 0.3) is 0 Å². The minimum atomic E-state index is -0.401. The van der Waals surface area contributed by atoms with E-state index in [0.29, 0.717) is 40.7 Å². The fourth-order valence-corrected chi connectivity index (χ4v) is 2.31. The van der Waals surface area contributed by atoms with Crippen LogP contribution in [0.15, 0.2) is 53.3 Å². The molecule has 1 aromatic carbocycles. The van der Waals surface area contributed by atoms with E-state index < -0.39 is 5.97 Å². The number of rotatable bonds is 6. The lowest BCUT2D eigenvalue weighted by atomic mass is 10.2. The van der Waals surface area contributed by atoms with Crippen molar-refractivity contribution < 1.29 is 18.8 Å². The number of ether oxygens (including phenoxy) is 1. The largest absolute Gasteiger partial charge is 0.462 e. The number of nitrogens with one attached hydrogen (secondary N) is 2. The summed E-state index contributed by atoms with van der Waals surface area (Å²) in [6.07, 6.45) is 3.04. The summed E-state index contributed by atoms with van der Waals surface area (Å²) in [6, 6.07) is 9.85. The molecular formula is C19H18N4O4. The van der Waals surface area contributed by atoms with Crippen molar-refractivity contribution in [1.29, 1.82) is 0 Å². The van der Waals surface area contributed by atoms with Gasteiger partial charge in [0.1, 0.15) is 5.76 Å². The quantitative estimate of drug-likeness (QED) is 0.643. The first kappa shape index (κ1) is 18.1. The molecule has 2 heterocycles. The third-order valence-electron chi connectivity index (χ3n) is 3.55. The zero-order chi connectivity index (χ0) is 19.2. The lowest BCUT2D eigenvalue weighted by Crippen LogP contribution is -2.13. The van der Waals surface area contributed by atoms with Gasteiger partial charge in [-0.3, -0.25) is 9.78 Å². The van der Waals surface area contributed by atoms with Gasteiger partial charge in [-0.25, -0.2) is 4.79 Å². The minimum Gasteiger partial charge on any atom is -0.462 e. The van der Waals surface area contributed by atoms with Crippen molar-refractivity contribution in [2.75, 3.05) is 17.2 Å². The number of pyridine rings is 1. The summed E-state index contributed by atoms with van der Waals surface area (Å²) in [6.45, 7) is 3.84. The number of carbonyl (C=O) groups excluding carboxylic acids is 2. The molecule has 0 aliphatic rings. The molecule has 3 aromatic rings. The van der Waals surface area contributed by atoms with E-state index in [4.69, 9.17) is 9.26 Å². The normalized spacial score (nSPS) is 10.3. The van der Waals surface area contributed by atoms with Crippen LogP contribution in [0.3, 0.4) is 0 Å². The van der Waals surface area contributed by atoms with E-state index in [9.17, 15) is 9.59 Å². The Balaban J connectivity index is 1.67. The number of esters is 1. The highest BCUT2D eigenvalue weighted by Gasteiger charge is 2.10. The van der Waals surface area contributed by atoms with Gasteiger partial charge in [-0.15, -0.1) is 0 Å². The summed E-state index contributed by atoms with van der Waals surface area (Å²) in [5.74, 6) is 0.472. The summed E-state index contributed by atoms with van der Waals surface area (Å²) >= 11 is 0. The number of carbonyl (C=O) groups is 2. The Morgan fingerprint density at radius 3 is 2.52 bits per heavy atom. The predicted octanol–water partition coefficient (Wildman–Crippen LogP) is 3.55. The van der Waals surface area contributed by atoms with E-state index in [-0.39, 0.29) is 5.91 Å². The zero-order valence-corrected chi connectivity index (χ0v) is 14.9. The average molecular weight is 366 g/mol. The SMILES string of the molecule is CCOC(=O)c1ccc(NC(=O)c2cncc(Nc3cc(C)on3)c2)cc1. The molecule has 27 heavy (non-hydrogen) atoms. The first-order chi connectivity index (χ1) is 13.0. The molecule has 0 aliphatic carbocycles. The van der Waals surface area contributed by atoms with E-state index >= 15 is 0 Å². The van der Waals surface area contributed by atoms with Gasteiger partial charge in [-0.1, -0.05) is 5.16 Å². The minimum absolute atomic E-state index is 0.308. The molecule has 2 N–H and O–H groups in total. The average Bonchev–Trinajstić information content (AvgIpc) is 3.07. The number of benzene rings is 1. The van der Waals surface area contributed by atoms with Crippen LogP contribution in [0.4, 0.5) is 17.2 Å². The van der Waals surface area contributed by atoms with E-state index in [0.717, 1.165) is 0 Å².